The summed E-state index contributed by atoms with van der Waals surface area (Å²) in [5.41, 5.74) is 2.95. The molecule has 5 rings (SSSR count). The Labute approximate surface area is 203 Å². The average Bonchev–Trinajstić information content (AvgIpc) is 3.28. The number of benzene rings is 4. The standard InChI is InChI=1S/C28H18F2N2O4/c1-15-2-11-20(12-21(15)27(34)35)36-28-31-23-13-22(29)24(25(30)26(23)32-28)19-9-7-18(8-10-19)17-5-3-16(14-33)4-6-17/h2-14H,1H3,(H,31,32)(H,34,35). The summed E-state index contributed by atoms with van der Waals surface area (Å²) in [6.45, 7) is 1.66. The van der Waals surface area contributed by atoms with Crippen LogP contribution < -0.4 is 4.74 Å². The highest BCUT2D eigenvalue weighted by Gasteiger charge is 2.20. The van der Waals surface area contributed by atoms with Crippen LogP contribution in [0, 0.1) is 18.6 Å². The Morgan fingerprint density at radius 1 is 0.944 bits per heavy atom. The number of halogens is 2. The third-order valence-electron chi connectivity index (χ3n) is 5.86. The minimum atomic E-state index is -1.11. The summed E-state index contributed by atoms with van der Waals surface area (Å²) >= 11 is 0. The van der Waals surface area contributed by atoms with Crippen LogP contribution in [0.5, 0.6) is 11.8 Å². The van der Waals surface area contributed by atoms with Gasteiger partial charge >= 0.3 is 5.97 Å². The molecule has 2 N–H and O–H groups in total. The number of carbonyl (C=O) groups is 2. The number of fused-ring (bicyclic) bond motifs is 1. The van der Waals surface area contributed by atoms with E-state index < -0.39 is 17.6 Å². The lowest BCUT2D eigenvalue weighted by molar-refractivity contribution is 0.0695. The summed E-state index contributed by atoms with van der Waals surface area (Å²) in [7, 11) is 0. The van der Waals surface area contributed by atoms with Gasteiger partial charge in [0.1, 0.15) is 23.4 Å². The number of carboxylic acids is 1. The highest BCUT2D eigenvalue weighted by atomic mass is 19.1. The van der Waals surface area contributed by atoms with E-state index in [9.17, 15) is 19.1 Å². The molecule has 6 nitrogen and oxygen atoms in total. The molecule has 0 saturated heterocycles. The third kappa shape index (κ3) is 4.20. The Kier molecular flexibility index (Phi) is 5.77. The maximum absolute atomic E-state index is 15.4. The number of aromatic carboxylic acids is 1. The number of aldehydes is 1. The van der Waals surface area contributed by atoms with Crippen molar-refractivity contribution in [3.8, 4) is 34.0 Å². The van der Waals surface area contributed by atoms with Gasteiger partial charge in [0, 0.05) is 11.6 Å². The number of nitrogens with one attached hydrogen (secondary N) is 1. The number of aromatic nitrogens is 2. The number of hydrogen-bond donors (Lipinski definition) is 2. The van der Waals surface area contributed by atoms with Gasteiger partial charge in [-0.2, -0.15) is 4.98 Å². The third-order valence-corrected chi connectivity index (χ3v) is 5.86. The highest BCUT2D eigenvalue weighted by Crippen LogP contribution is 2.34. The summed E-state index contributed by atoms with van der Waals surface area (Å²) < 4.78 is 36.0. The number of hydrogen-bond acceptors (Lipinski definition) is 4. The van der Waals surface area contributed by atoms with Gasteiger partial charge in [0.15, 0.2) is 5.82 Å². The summed E-state index contributed by atoms with van der Waals surface area (Å²) in [6.07, 6.45) is 0.758. The molecule has 0 aliphatic heterocycles. The first kappa shape index (κ1) is 22.9. The fourth-order valence-corrected chi connectivity index (χ4v) is 3.96. The first-order chi connectivity index (χ1) is 17.3. The van der Waals surface area contributed by atoms with Gasteiger partial charge in [0.25, 0.3) is 6.01 Å². The molecule has 4 aromatic carbocycles. The molecule has 0 fully saturated rings. The van der Waals surface area contributed by atoms with Crippen molar-refractivity contribution in [2.75, 3.05) is 0 Å². The molecule has 0 radical (unpaired) electrons. The molecule has 8 heteroatoms. The van der Waals surface area contributed by atoms with Crippen molar-refractivity contribution in [3.63, 3.8) is 0 Å². The molecule has 0 spiro atoms. The summed E-state index contributed by atoms with van der Waals surface area (Å²) in [6, 6.07) is 19.2. The topological polar surface area (TPSA) is 92.3 Å². The minimum absolute atomic E-state index is 0.0613. The van der Waals surface area contributed by atoms with E-state index in [4.69, 9.17) is 4.74 Å². The number of aromatic amines is 1. The number of carbonyl (C=O) groups excluding carboxylic acids is 1. The van der Waals surface area contributed by atoms with Crippen molar-refractivity contribution < 1.29 is 28.2 Å². The van der Waals surface area contributed by atoms with Crippen molar-refractivity contribution in [2.24, 2.45) is 0 Å². The molecular formula is C28H18F2N2O4. The van der Waals surface area contributed by atoms with Gasteiger partial charge in [-0.15, -0.1) is 0 Å². The molecule has 0 unspecified atom stereocenters. The van der Waals surface area contributed by atoms with Crippen LogP contribution in [0.4, 0.5) is 8.78 Å². The molecule has 178 valence electrons. The second-order valence-electron chi connectivity index (χ2n) is 8.19. The molecule has 0 atom stereocenters. The number of imidazole rings is 1. The lowest BCUT2D eigenvalue weighted by Gasteiger charge is -2.08. The smallest absolute Gasteiger partial charge is 0.336 e. The van der Waals surface area contributed by atoms with Crippen molar-refractivity contribution in [1.29, 1.82) is 0 Å². The Morgan fingerprint density at radius 2 is 1.58 bits per heavy atom. The van der Waals surface area contributed by atoms with E-state index in [0.717, 1.165) is 23.5 Å². The van der Waals surface area contributed by atoms with Crippen LogP contribution in [0.15, 0.2) is 72.8 Å². The van der Waals surface area contributed by atoms with Gasteiger partial charge in [-0.3, -0.25) is 4.79 Å². The Hall–Kier alpha value is -4.85. The van der Waals surface area contributed by atoms with Gasteiger partial charge in [0.2, 0.25) is 0 Å². The van der Waals surface area contributed by atoms with Crippen molar-refractivity contribution >= 4 is 23.3 Å². The summed E-state index contributed by atoms with van der Waals surface area (Å²) in [4.78, 5) is 29.1. The fourth-order valence-electron chi connectivity index (χ4n) is 3.96. The number of rotatable bonds is 6. The maximum atomic E-state index is 15.4. The SMILES string of the molecule is Cc1ccc(Oc2nc3c(F)c(-c4ccc(-c5ccc(C=O)cc5)cc4)c(F)cc3[nH]2)cc1C(=O)O. The summed E-state index contributed by atoms with van der Waals surface area (Å²) in [5, 5.41) is 9.30. The normalized spacial score (nSPS) is 11.0. The number of aryl methyl sites for hydroxylation is 1. The predicted molar refractivity (Wildman–Crippen MR) is 130 cm³/mol. The zero-order chi connectivity index (χ0) is 25.4. The lowest BCUT2D eigenvalue weighted by Crippen LogP contribution is -2.00. The van der Waals surface area contributed by atoms with Gasteiger partial charge < -0.3 is 14.8 Å². The predicted octanol–water partition coefficient (Wildman–Crippen LogP) is 6.79. The van der Waals surface area contributed by atoms with E-state index in [2.05, 4.69) is 9.97 Å². The van der Waals surface area contributed by atoms with Crippen molar-refractivity contribution in [3.05, 3.63) is 101 Å². The first-order valence-electron chi connectivity index (χ1n) is 10.9. The lowest BCUT2D eigenvalue weighted by atomic mass is 9.98. The van der Waals surface area contributed by atoms with Crippen molar-refractivity contribution in [1.82, 2.24) is 9.97 Å². The molecule has 0 aliphatic rings. The first-order valence-corrected chi connectivity index (χ1v) is 10.9. The van der Waals surface area contributed by atoms with Gasteiger partial charge in [0.05, 0.1) is 16.6 Å². The van der Waals surface area contributed by atoms with Crippen molar-refractivity contribution in [2.45, 2.75) is 6.92 Å². The zero-order valence-electron chi connectivity index (χ0n) is 18.9. The van der Waals surface area contributed by atoms with Crippen LogP contribution in [0.2, 0.25) is 0 Å². The van der Waals surface area contributed by atoms with E-state index in [1.54, 1.807) is 67.6 Å². The van der Waals surface area contributed by atoms with Crippen LogP contribution in [0.1, 0.15) is 26.3 Å². The second kappa shape index (κ2) is 9.07. The molecule has 36 heavy (non-hydrogen) atoms. The van der Waals surface area contributed by atoms with E-state index in [1.807, 2.05) is 0 Å². The maximum Gasteiger partial charge on any atom is 0.336 e. The molecule has 0 bridgehead atoms. The quantitative estimate of drug-likeness (QED) is 0.259. The average molecular weight is 484 g/mol. The van der Waals surface area contributed by atoms with E-state index in [-0.39, 0.29) is 33.9 Å². The van der Waals surface area contributed by atoms with Crippen LogP contribution >= 0.6 is 0 Å². The van der Waals surface area contributed by atoms with E-state index >= 15 is 4.39 Å². The number of carboxylic acid groups (broad SMARTS) is 1. The largest absolute Gasteiger partial charge is 0.478 e. The van der Waals surface area contributed by atoms with Crippen LogP contribution in [-0.4, -0.2) is 27.3 Å². The van der Waals surface area contributed by atoms with E-state index in [1.165, 1.54) is 6.07 Å². The number of H-pyrrole nitrogens is 1. The molecule has 0 saturated carbocycles. The Morgan fingerprint density at radius 3 is 2.22 bits per heavy atom. The molecule has 5 aromatic rings. The van der Waals surface area contributed by atoms with Crippen LogP contribution in [0.3, 0.4) is 0 Å². The number of ether oxygens (including phenoxy) is 1. The molecular weight excluding hydrogens is 466 g/mol. The molecule has 1 aromatic heterocycles. The Bertz CT molecular complexity index is 1630. The summed E-state index contributed by atoms with van der Waals surface area (Å²) in [5.74, 6) is -2.55. The number of nitrogens with zero attached hydrogens (tertiary/aromatic N) is 1. The van der Waals surface area contributed by atoms with Gasteiger partial charge in [-0.05, 0) is 41.3 Å². The highest BCUT2D eigenvalue weighted by molar-refractivity contribution is 5.90. The zero-order valence-corrected chi connectivity index (χ0v) is 18.9. The van der Waals surface area contributed by atoms with Gasteiger partial charge in [-0.1, -0.05) is 54.6 Å². The van der Waals surface area contributed by atoms with E-state index in [0.29, 0.717) is 16.7 Å². The van der Waals surface area contributed by atoms with Crippen LogP contribution in [0.25, 0.3) is 33.3 Å². The minimum Gasteiger partial charge on any atom is -0.478 e. The monoisotopic (exact) mass is 484 g/mol. The Balaban J connectivity index is 1.47. The molecule has 0 aliphatic carbocycles. The molecule has 0 amide bonds. The second-order valence-corrected chi connectivity index (χ2v) is 8.19. The van der Waals surface area contributed by atoms with Gasteiger partial charge in [-0.25, -0.2) is 13.6 Å². The fraction of sp³-hybridized carbons (Fsp3) is 0.0357. The van der Waals surface area contributed by atoms with Crippen LogP contribution in [-0.2, 0) is 0 Å². The molecule has 1 heterocycles.